The Morgan fingerprint density at radius 1 is 1.26 bits per heavy atom. The van der Waals surface area contributed by atoms with Crippen LogP contribution in [0.1, 0.15) is 67.2 Å². The molecule has 1 heterocycles. The second-order valence-electron chi connectivity index (χ2n) is 10.2. The van der Waals surface area contributed by atoms with Crippen molar-refractivity contribution in [1.29, 1.82) is 0 Å². The van der Waals surface area contributed by atoms with Gasteiger partial charge in [0.25, 0.3) is 0 Å². The van der Waals surface area contributed by atoms with Gasteiger partial charge in [0.15, 0.2) is 6.10 Å². The molecule has 5 heteroatoms. The number of aliphatic hydroxyl groups excluding tert-OH is 1. The number of hydrogen-bond donors (Lipinski definition) is 1. The zero-order valence-electron chi connectivity index (χ0n) is 17.5. The first-order chi connectivity index (χ1) is 12.3. The zero-order valence-corrected chi connectivity index (χ0v) is 17.5. The highest BCUT2D eigenvalue weighted by Crippen LogP contribution is 2.65. The maximum atomic E-state index is 13.5. The van der Waals surface area contributed by atoms with E-state index >= 15 is 0 Å². The number of esters is 1. The lowest BCUT2D eigenvalue weighted by Gasteiger charge is -2.67. The number of rotatable bonds is 2. The second-order valence-corrected chi connectivity index (χ2v) is 10.2. The maximum Gasteiger partial charge on any atom is 0.303 e. The molecule has 2 aliphatic carbocycles. The summed E-state index contributed by atoms with van der Waals surface area (Å²) in [7, 11) is 0. The van der Waals surface area contributed by atoms with E-state index in [4.69, 9.17) is 9.47 Å². The van der Waals surface area contributed by atoms with Crippen molar-refractivity contribution >= 4 is 11.8 Å². The van der Waals surface area contributed by atoms with Gasteiger partial charge in [-0.05, 0) is 43.4 Å². The van der Waals surface area contributed by atoms with Gasteiger partial charge in [0.05, 0.1) is 17.6 Å². The van der Waals surface area contributed by atoms with E-state index < -0.39 is 40.7 Å². The average molecular weight is 379 g/mol. The number of carbonyl (C=O) groups excluding carboxylic acids is 2. The van der Waals surface area contributed by atoms with Crippen LogP contribution in [0, 0.1) is 22.7 Å². The van der Waals surface area contributed by atoms with Crippen LogP contribution in [0.4, 0.5) is 0 Å². The molecular formula is C22H34O5. The minimum atomic E-state index is -1.10. The molecule has 7 atom stereocenters. The number of carbonyl (C=O) groups is 2. The maximum absolute atomic E-state index is 13.5. The Morgan fingerprint density at radius 3 is 2.44 bits per heavy atom. The van der Waals surface area contributed by atoms with Gasteiger partial charge >= 0.3 is 5.97 Å². The number of aliphatic hydroxyl groups is 1. The third-order valence-corrected chi connectivity index (χ3v) is 7.56. The van der Waals surface area contributed by atoms with Crippen molar-refractivity contribution in [2.24, 2.45) is 22.7 Å². The van der Waals surface area contributed by atoms with Crippen LogP contribution < -0.4 is 0 Å². The van der Waals surface area contributed by atoms with Gasteiger partial charge < -0.3 is 14.6 Å². The Labute approximate surface area is 162 Å². The van der Waals surface area contributed by atoms with E-state index in [0.717, 1.165) is 19.3 Å². The first kappa shape index (κ1) is 20.5. The van der Waals surface area contributed by atoms with E-state index in [1.165, 1.54) is 6.92 Å². The molecule has 152 valence electrons. The monoisotopic (exact) mass is 378 g/mol. The summed E-state index contributed by atoms with van der Waals surface area (Å²) in [5, 5.41) is 11.5. The van der Waals surface area contributed by atoms with E-state index in [0.29, 0.717) is 0 Å². The van der Waals surface area contributed by atoms with E-state index in [1.54, 1.807) is 6.08 Å². The Hall–Kier alpha value is -1.20. The SMILES string of the molecule is C=C[C@@]1(C)CC(=O)C2C3(C)CCCC(C)(C)C3C(O)C(OC(C)=O)C2(C)O1. The van der Waals surface area contributed by atoms with Crippen molar-refractivity contribution in [3.8, 4) is 0 Å². The van der Waals surface area contributed by atoms with Crippen LogP contribution in [0.5, 0.6) is 0 Å². The molecule has 0 amide bonds. The Kier molecular flexibility index (Phi) is 4.68. The minimum Gasteiger partial charge on any atom is -0.457 e. The Morgan fingerprint density at radius 2 is 1.89 bits per heavy atom. The fourth-order valence-electron chi connectivity index (χ4n) is 6.91. The molecule has 0 aromatic heterocycles. The van der Waals surface area contributed by atoms with E-state index in [9.17, 15) is 14.7 Å². The lowest BCUT2D eigenvalue weighted by atomic mass is 9.42. The molecule has 1 saturated heterocycles. The van der Waals surface area contributed by atoms with Gasteiger partial charge in [0, 0.05) is 13.3 Å². The minimum absolute atomic E-state index is 0.111. The Bertz CT molecular complexity index is 670. The molecular weight excluding hydrogens is 344 g/mol. The molecule has 6 unspecified atom stereocenters. The first-order valence-electron chi connectivity index (χ1n) is 10.0. The van der Waals surface area contributed by atoms with Crippen LogP contribution in [0.25, 0.3) is 0 Å². The standard InChI is InChI=1S/C22H34O5/c1-8-20(5)12-14(24)16-21(6)11-9-10-19(3,4)17(21)15(25)18(26-13(2)23)22(16,7)27-20/h8,15-18,25H,1,9-12H2,2-7H3/t15?,16?,17?,18?,20-,21?,22?/m0/s1. The van der Waals surface area contributed by atoms with Crippen molar-refractivity contribution in [3.05, 3.63) is 12.7 Å². The lowest BCUT2D eigenvalue weighted by molar-refractivity contribution is -0.307. The highest BCUT2D eigenvalue weighted by molar-refractivity contribution is 5.86. The van der Waals surface area contributed by atoms with E-state index in [2.05, 4.69) is 27.4 Å². The highest BCUT2D eigenvalue weighted by atomic mass is 16.6. The van der Waals surface area contributed by atoms with E-state index in [-0.39, 0.29) is 23.5 Å². The Balaban J connectivity index is 2.20. The third kappa shape index (κ3) is 2.89. The quantitative estimate of drug-likeness (QED) is 0.589. The predicted molar refractivity (Wildman–Crippen MR) is 102 cm³/mol. The summed E-state index contributed by atoms with van der Waals surface area (Å²) < 4.78 is 12.1. The molecule has 3 aliphatic rings. The predicted octanol–water partition coefficient (Wildman–Crippen LogP) is 3.43. The molecule has 1 aliphatic heterocycles. The van der Waals surface area contributed by atoms with Crippen LogP contribution in [0.2, 0.25) is 0 Å². The normalized spacial score (nSPS) is 48.9. The van der Waals surface area contributed by atoms with Gasteiger partial charge in [0.1, 0.15) is 11.4 Å². The highest BCUT2D eigenvalue weighted by Gasteiger charge is 2.71. The molecule has 0 spiro atoms. The molecule has 0 radical (unpaired) electrons. The average Bonchev–Trinajstić information content (AvgIpc) is 2.49. The van der Waals surface area contributed by atoms with Gasteiger partial charge in [-0.3, -0.25) is 9.59 Å². The summed E-state index contributed by atoms with van der Waals surface area (Å²) in [5.74, 6) is -0.948. The molecule has 0 bridgehead atoms. The van der Waals surface area contributed by atoms with Crippen LogP contribution in [0.3, 0.4) is 0 Å². The van der Waals surface area contributed by atoms with Crippen molar-refractivity contribution < 1.29 is 24.2 Å². The number of fused-ring (bicyclic) bond motifs is 3. The fraction of sp³-hybridized carbons (Fsp3) is 0.818. The molecule has 1 N–H and O–H groups in total. The smallest absolute Gasteiger partial charge is 0.303 e. The van der Waals surface area contributed by atoms with Gasteiger partial charge in [-0.2, -0.15) is 0 Å². The molecule has 0 aromatic carbocycles. The summed E-state index contributed by atoms with van der Waals surface area (Å²) >= 11 is 0. The number of ketones is 1. The second kappa shape index (κ2) is 6.15. The number of ether oxygens (including phenoxy) is 2. The van der Waals surface area contributed by atoms with Crippen LogP contribution in [-0.4, -0.2) is 40.3 Å². The molecule has 3 fully saturated rings. The van der Waals surface area contributed by atoms with E-state index in [1.807, 2.05) is 13.8 Å². The van der Waals surface area contributed by atoms with Crippen molar-refractivity contribution in [1.82, 2.24) is 0 Å². The van der Waals surface area contributed by atoms with Crippen LogP contribution in [-0.2, 0) is 19.1 Å². The molecule has 27 heavy (non-hydrogen) atoms. The summed E-state index contributed by atoms with van der Waals surface area (Å²) in [5.41, 5.74) is -2.51. The van der Waals surface area contributed by atoms with Crippen molar-refractivity contribution in [3.63, 3.8) is 0 Å². The summed E-state index contributed by atoms with van der Waals surface area (Å²) in [6.45, 7) is 15.2. The summed E-state index contributed by atoms with van der Waals surface area (Å²) in [6, 6.07) is 0. The zero-order chi connectivity index (χ0) is 20.4. The van der Waals surface area contributed by atoms with Gasteiger partial charge in [0.2, 0.25) is 0 Å². The molecule has 0 aromatic rings. The first-order valence-corrected chi connectivity index (χ1v) is 10.0. The van der Waals surface area contributed by atoms with Gasteiger partial charge in [-0.25, -0.2) is 0 Å². The van der Waals surface area contributed by atoms with Crippen LogP contribution in [0.15, 0.2) is 12.7 Å². The lowest BCUT2D eigenvalue weighted by Crippen LogP contribution is -2.75. The molecule has 2 saturated carbocycles. The molecule has 3 rings (SSSR count). The third-order valence-electron chi connectivity index (χ3n) is 7.56. The topological polar surface area (TPSA) is 72.8 Å². The van der Waals surface area contributed by atoms with Gasteiger partial charge in [-0.1, -0.05) is 33.3 Å². The largest absolute Gasteiger partial charge is 0.457 e. The van der Waals surface area contributed by atoms with Crippen LogP contribution >= 0.6 is 0 Å². The van der Waals surface area contributed by atoms with Gasteiger partial charge in [-0.15, -0.1) is 6.58 Å². The molecule has 5 nitrogen and oxygen atoms in total. The van der Waals surface area contributed by atoms with Crippen molar-refractivity contribution in [2.45, 2.75) is 90.6 Å². The number of Topliss-reactive ketones (excluding diaryl/α,β-unsaturated/α-hetero) is 1. The fourth-order valence-corrected chi connectivity index (χ4v) is 6.91. The summed E-state index contributed by atoms with van der Waals surface area (Å²) in [6.07, 6.45) is 2.94. The summed E-state index contributed by atoms with van der Waals surface area (Å²) in [4.78, 5) is 25.4. The number of hydrogen-bond acceptors (Lipinski definition) is 5. The van der Waals surface area contributed by atoms with Crippen molar-refractivity contribution in [2.75, 3.05) is 0 Å².